The van der Waals surface area contributed by atoms with E-state index in [0.717, 1.165) is 6.42 Å². The lowest BCUT2D eigenvalue weighted by molar-refractivity contribution is -0.118. The van der Waals surface area contributed by atoms with E-state index in [4.69, 9.17) is 9.16 Å². The number of hydrogen-bond acceptors (Lipinski definition) is 3. The Morgan fingerprint density at radius 2 is 2.12 bits per heavy atom. The molecule has 1 atom stereocenters. The zero-order chi connectivity index (χ0) is 13.1. The van der Waals surface area contributed by atoms with Crippen LogP contribution in [0.4, 0.5) is 0 Å². The maximum Gasteiger partial charge on any atom is 0.191 e. The smallest absolute Gasteiger partial charge is 0.191 e. The molecule has 0 spiro atoms. The summed E-state index contributed by atoms with van der Waals surface area (Å²) in [6.45, 7) is 11.8. The van der Waals surface area contributed by atoms with Gasteiger partial charge in [0.1, 0.15) is 6.10 Å². The van der Waals surface area contributed by atoms with E-state index in [1.807, 2.05) is 0 Å². The highest BCUT2D eigenvalue weighted by molar-refractivity contribution is 6.74. The minimum atomic E-state index is -1.66. The number of allylic oxidation sites excluding steroid dienone is 1. The van der Waals surface area contributed by atoms with Crippen LogP contribution < -0.4 is 0 Å². The normalized spacial score (nSPS) is 21.5. The number of carbonyl (C=O) groups is 1. The van der Waals surface area contributed by atoms with E-state index in [9.17, 15) is 4.79 Å². The van der Waals surface area contributed by atoms with Crippen LogP contribution in [0, 0.1) is 0 Å². The third kappa shape index (κ3) is 4.28. The van der Waals surface area contributed by atoms with Gasteiger partial charge in [0.15, 0.2) is 14.1 Å². The molecule has 0 saturated heterocycles. The van der Waals surface area contributed by atoms with E-state index in [2.05, 4.69) is 33.9 Å². The minimum Gasteiger partial charge on any atom is -0.497 e. The monoisotopic (exact) mass is 256 g/mol. The highest BCUT2D eigenvalue weighted by atomic mass is 28.4. The summed E-state index contributed by atoms with van der Waals surface area (Å²) in [6, 6.07) is 0. The minimum absolute atomic E-state index is 0.00253. The number of rotatable bonds is 4. The van der Waals surface area contributed by atoms with Crippen LogP contribution in [0.15, 0.2) is 12.3 Å². The first-order chi connectivity index (χ1) is 7.72. The van der Waals surface area contributed by atoms with Crippen LogP contribution >= 0.6 is 0 Å². The Hall–Kier alpha value is -0.613. The van der Waals surface area contributed by atoms with Crippen LogP contribution in [0.2, 0.25) is 18.1 Å². The quantitative estimate of drug-likeness (QED) is 0.724. The van der Waals surface area contributed by atoms with Gasteiger partial charge in [-0.15, -0.1) is 0 Å². The molecule has 0 N–H and O–H groups in total. The molecule has 1 aliphatic heterocycles. The zero-order valence-electron chi connectivity index (χ0n) is 11.6. The maximum absolute atomic E-state index is 11.2. The van der Waals surface area contributed by atoms with Gasteiger partial charge in [-0.25, -0.2) is 0 Å². The molecule has 1 rings (SSSR count). The Labute approximate surface area is 105 Å². The molecule has 0 saturated carbocycles. The number of ketones is 1. The van der Waals surface area contributed by atoms with Crippen molar-refractivity contribution in [1.29, 1.82) is 0 Å². The predicted octanol–water partition coefficient (Wildman–Crippen LogP) is 3.27. The van der Waals surface area contributed by atoms with Crippen molar-refractivity contribution in [3.8, 4) is 0 Å². The molecule has 3 nitrogen and oxygen atoms in total. The Morgan fingerprint density at radius 1 is 1.47 bits per heavy atom. The van der Waals surface area contributed by atoms with E-state index in [1.165, 1.54) is 12.3 Å². The summed E-state index contributed by atoms with van der Waals surface area (Å²) in [5.74, 6) is 0.147. The second-order valence-corrected chi connectivity index (χ2v) is 10.9. The number of hydrogen-bond donors (Lipinski definition) is 0. The molecular weight excluding hydrogens is 232 g/mol. The van der Waals surface area contributed by atoms with Gasteiger partial charge in [0.05, 0.1) is 6.26 Å². The summed E-state index contributed by atoms with van der Waals surface area (Å²) >= 11 is 0. The van der Waals surface area contributed by atoms with E-state index in [-0.39, 0.29) is 16.9 Å². The molecule has 0 radical (unpaired) electrons. The molecule has 0 aromatic heterocycles. The van der Waals surface area contributed by atoms with Crippen LogP contribution in [0.25, 0.3) is 0 Å². The first-order valence-corrected chi connectivity index (χ1v) is 9.12. The molecule has 0 aromatic carbocycles. The van der Waals surface area contributed by atoms with E-state index in [0.29, 0.717) is 13.0 Å². The van der Waals surface area contributed by atoms with Crippen molar-refractivity contribution in [1.82, 2.24) is 0 Å². The molecule has 0 amide bonds. The van der Waals surface area contributed by atoms with Crippen molar-refractivity contribution in [2.75, 3.05) is 6.61 Å². The topological polar surface area (TPSA) is 35.5 Å². The van der Waals surface area contributed by atoms with Crippen LogP contribution in [0.5, 0.6) is 0 Å². The average molecular weight is 256 g/mol. The molecule has 1 unspecified atom stereocenters. The first-order valence-electron chi connectivity index (χ1n) is 6.21. The summed E-state index contributed by atoms with van der Waals surface area (Å²) in [5, 5.41) is 0.232. The average Bonchev–Trinajstić information content (AvgIpc) is 2.15. The molecular formula is C13H24O3Si. The third-order valence-corrected chi connectivity index (χ3v) is 8.20. The second kappa shape index (κ2) is 5.36. The zero-order valence-corrected chi connectivity index (χ0v) is 12.6. The van der Waals surface area contributed by atoms with Gasteiger partial charge < -0.3 is 9.16 Å². The highest BCUT2D eigenvalue weighted by Crippen LogP contribution is 2.36. The summed E-state index contributed by atoms with van der Waals surface area (Å²) in [5.41, 5.74) is 0. The van der Waals surface area contributed by atoms with Gasteiger partial charge in [0, 0.05) is 25.5 Å². The lowest BCUT2D eigenvalue weighted by Crippen LogP contribution is -2.41. The Bertz CT molecular complexity index is 302. The van der Waals surface area contributed by atoms with E-state index >= 15 is 0 Å². The highest BCUT2D eigenvalue weighted by Gasteiger charge is 2.37. The summed E-state index contributed by atoms with van der Waals surface area (Å²) < 4.78 is 11.4. The van der Waals surface area contributed by atoms with Gasteiger partial charge in [-0.2, -0.15) is 0 Å². The maximum atomic E-state index is 11.2. The molecule has 1 aliphatic rings. The molecule has 0 aliphatic carbocycles. The molecule has 1 heterocycles. The molecule has 98 valence electrons. The van der Waals surface area contributed by atoms with Crippen LogP contribution in [0.3, 0.4) is 0 Å². The van der Waals surface area contributed by atoms with Gasteiger partial charge in [-0.1, -0.05) is 20.8 Å². The van der Waals surface area contributed by atoms with Gasteiger partial charge in [-0.05, 0) is 18.1 Å². The van der Waals surface area contributed by atoms with Gasteiger partial charge in [0.2, 0.25) is 0 Å². The Kier molecular flexibility index (Phi) is 4.55. The SMILES string of the molecule is CC(C)(C)[Si](C)(C)OCCC1CC(=O)C=CO1. The fraction of sp³-hybridized carbons (Fsp3) is 0.769. The van der Waals surface area contributed by atoms with Gasteiger partial charge >= 0.3 is 0 Å². The third-order valence-electron chi connectivity index (χ3n) is 3.66. The lowest BCUT2D eigenvalue weighted by atomic mass is 10.1. The van der Waals surface area contributed by atoms with Crippen LogP contribution in [-0.2, 0) is 14.0 Å². The van der Waals surface area contributed by atoms with Gasteiger partial charge in [0.25, 0.3) is 0 Å². The van der Waals surface area contributed by atoms with E-state index < -0.39 is 8.32 Å². The van der Waals surface area contributed by atoms with Crippen molar-refractivity contribution in [3.05, 3.63) is 12.3 Å². The molecule has 0 aromatic rings. The fourth-order valence-corrected chi connectivity index (χ4v) is 2.46. The summed E-state index contributed by atoms with van der Waals surface area (Å²) in [6.07, 6.45) is 4.27. The predicted molar refractivity (Wildman–Crippen MR) is 71.4 cm³/mol. The lowest BCUT2D eigenvalue weighted by Gasteiger charge is -2.36. The number of ether oxygens (including phenoxy) is 1. The first kappa shape index (κ1) is 14.4. The molecule has 17 heavy (non-hydrogen) atoms. The van der Waals surface area contributed by atoms with Crippen LogP contribution in [-0.4, -0.2) is 26.8 Å². The van der Waals surface area contributed by atoms with Crippen molar-refractivity contribution in [2.45, 2.75) is 57.8 Å². The summed E-state index contributed by atoms with van der Waals surface area (Å²) in [4.78, 5) is 11.2. The van der Waals surface area contributed by atoms with Crippen molar-refractivity contribution in [2.24, 2.45) is 0 Å². The van der Waals surface area contributed by atoms with Crippen molar-refractivity contribution < 1.29 is 14.0 Å². The molecule has 0 bridgehead atoms. The molecule has 4 heteroatoms. The van der Waals surface area contributed by atoms with Crippen molar-refractivity contribution >= 4 is 14.1 Å². The fourth-order valence-electron chi connectivity index (χ4n) is 1.40. The van der Waals surface area contributed by atoms with E-state index in [1.54, 1.807) is 0 Å². The van der Waals surface area contributed by atoms with Gasteiger partial charge in [-0.3, -0.25) is 4.79 Å². The largest absolute Gasteiger partial charge is 0.497 e. The summed E-state index contributed by atoms with van der Waals surface area (Å²) in [7, 11) is -1.66. The second-order valence-electron chi connectivity index (χ2n) is 6.13. The Balaban J connectivity index is 2.33. The Morgan fingerprint density at radius 3 is 2.65 bits per heavy atom. The van der Waals surface area contributed by atoms with Crippen LogP contribution in [0.1, 0.15) is 33.6 Å². The molecule has 0 fully saturated rings. The van der Waals surface area contributed by atoms with Crippen molar-refractivity contribution in [3.63, 3.8) is 0 Å². The standard InChI is InChI=1S/C13H24O3Si/c1-13(2,3)17(4,5)16-9-7-12-10-11(14)6-8-15-12/h6,8,12H,7,9-10H2,1-5H3. The number of carbonyl (C=O) groups excluding carboxylic acids is 1.